The second-order valence-corrected chi connectivity index (χ2v) is 7.04. The third kappa shape index (κ3) is 3.47. The SMILES string of the molecule is Nc1ncccc1-c1nc2cnc(-c3ccc(F)cn3)nc2n1-c1ccc(CCl)cc1. The first kappa shape index (κ1) is 19.1. The molecule has 4 aromatic heterocycles. The molecule has 0 bridgehead atoms. The van der Waals surface area contributed by atoms with Gasteiger partial charge in [-0.05, 0) is 42.0 Å². The van der Waals surface area contributed by atoms with Crippen LogP contribution in [0.3, 0.4) is 0 Å². The maximum atomic E-state index is 13.3. The van der Waals surface area contributed by atoms with Crippen LogP contribution in [0.1, 0.15) is 5.56 Å². The van der Waals surface area contributed by atoms with Gasteiger partial charge in [0.25, 0.3) is 0 Å². The number of nitrogens with two attached hydrogens (primary N) is 1. The Bertz CT molecular complexity index is 1380. The molecule has 0 aliphatic rings. The van der Waals surface area contributed by atoms with Crippen molar-refractivity contribution in [1.82, 2.24) is 29.5 Å². The quantitative estimate of drug-likeness (QED) is 0.424. The number of pyridine rings is 2. The Hall–Kier alpha value is -3.91. The highest BCUT2D eigenvalue weighted by molar-refractivity contribution is 6.17. The number of alkyl halides is 1. The third-order valence-electron chi connectivity index (χ3n) is 4.78. The average Bonchev–Trinajstić information content (AvgIpc) is 3.18. The van der Waals surface area contributed by atoms with E-state index in [1.54, 1.807) is 18.5 Å². The molecule has 152 valence electrons. The molecule has 9 heteroatoms. The molecular formula is C22H15ClFN7. The van der Waals surface area contributed by atoms with Gasteiger partial charge in [-0.3, -0.25) is 4.57 Å². The fraction of sp³-hybridized carbons (Fsp3) is 0.0455. The molecule has 0 amide bonds. The van der Waals surface area contributed by atoms with Crippen LogP contribution < -0.4 is 5.73 Å². The van der Waals surface area contributed by atoms with Crippen LogP contribution >= 0.6 is 11.6 Å². The zero-order chi connectivity index (χ0) is 21.4. The fourth-order valence-electron chi connectivity index (χ4n) is 3.27. The van der Waals surface area contributed by atoms with Gasteiger partial charge in [0.1, 0.15) is 22.8 Å². The highest BCUT2D eigenvalue weighted by Gasteiger charge is 2.19. The lowest BCUT2D eigenvalue weighted by atomic mass is 10.2. The summed E-state index contributed by atoms with van der Waals surface area (Å²) in [7, 11) is 0. The molecule has 5 aromatic rings. The predicted molar refractivity (Wildman–Crippen MR) is 117 cm³/mol. The van der Waals surface area contributed by atoms with Crippen LogP contribution in [0.25, 0.3) is 39.8 Å². The van der Waals surface area contributed by atoms with Crippen LogP contribution in [-0.4, -0.2) is 29.5 Å². The first-order chi connectivity index (χ1) is 15.1. The molecule has 0 radical (unpaired) electrons. The predicted octanol–water partition coefficient (Wildman–Crippen LogP) is 4.40. The van der Waals surface area contributed by atoms with E-state index in [9.17, 15) is 4.39 Å². The summed E-state index contributed by atoms with van der Waals surface area (Å²) in [6.45, 7) is 0. The van der Waals surface area contributed by atoms with Crippen molar-refractivity contribution < 1.29 is 4.39 Å². The molecule has 7 nitrogen and oxygen atoms in total. The van der Waals surface area contributed by atoms with Crippen LogP contribution in [0.15, 0.2) is 67.1 Å². The van der Waals surface area contributed by atoms with Crippen molar-refractivity contribution in [2.45, 2.75) is 5.88 Å². The van der Waals surface area contributed by atoms with Gasteiger partial charge < -0.3 is 5.73 Å². The van der Waals surface area contributed by atoms with Crippen molar-refractivity contribution in [3.63, 3.8) is 0 Å². The van der Waals surface area contributed by atoms with Gasteiger partial charge in [-0.1, -0.05) is 12.1 Å². The lowest BCUT2D eigenvalue weighted by molar-refractivity contribution is 0.621. The lowest BCUT2D eigenvalue weighted by Crippen LogP contribution is -2.02. The van der Waals surface area contributed by atoms with Crippen molar-refractivity contribution >= 4 is 28.6 Å². The zero-order valence-electron chi connectivity index (χ0n) is 16.1. The molecule has 0 aliphatic carbocycles. The standard InChI is InChI=1S/C22H15ClFN7/c23-10-13-3-6-15(7-4-13)31-21(16-2-1-9-26-19(16)25)29-18-12-28-20(30-22(18)31)17-8-5-14(24)11-27-17/h1-9,11-12H,10H2,(H2,25,26). The second kappa shape index (κ2) is 7.73. The summed E-state index contributed by atoms with van der Waals surface area (Å²) >= 11 is 5.95. The summed E-state index contributed by atoms with van der Waals surface area (Å²) in [5.74, 6) is 1.28. The summed E-state index contributed by atoms with van der Waals surface area (Å²) in [5, 5.41) is 0. The molecule has 0 fully saturated rings. The Labute approximate surface area is 181 Å². The van der Waals surface area contributed by atoms with Crippen LogP contribution in [0.5, 0.6) is 0 Å². The van der Waals surface area contributed by atoms with Crippen LogP contribution in [0, 0.1) is 5.82 Å². The van der Waals surface area contributed by atoms with Crippen molar-refractivity contribution in [2.75, 3.05) is 5.73 Å². The number of fused-ring (bicyclic) bond motifs is 1. The summed E-state index contributed by atoms with van der Waals surface area (Å²) in [6.07, 6.45) is 4.37. The maximum Gasteiger partial charge on any atom is 0.180 e. The molecule has 0 aliphatic heterocycles. The van der Waals surface area contributed by atoms with Gasteiger partial charge in [-0.2, -0.15) is 0 Å². The average molecular weight is 432 g/mol. The Kier molecular flexibility index (Phi) is 4.76. The second-order valence-electron chi connectivity index (χ2n) is 6.77. The summed E-state index contributed by atoms with van der Waals surface area (Å²) < 4.78 is 15.2. The number of rotatable bonds is 4. The number of imidazole rings is 1. The smallest absolute Gasteiger partial charge is 0.180 e. The molecule has 2 N–H and O–H groups in total. The van der Waals surface area contributed by atoms with Gasteiger partial charge in [0.05, 0.1) is 18.0 Å². The molecular weight excluding hydrogens is 417 g/mol. The number of hydrogen-bond acceptors (Lipinski definition) is 6. The molecule has 0 spiro atoms. The Morgan fingerprint density at radius 3 is 2.48 bits per heavy atom. The molecule has 5 rings (SSSR count). The molecule has 0 atom stereocenters. The largest absolute Gasteiger partial charge is 0.383 e. The van der Waals surface area contributed by atoms with Crippen LogP contribution in [-0.2, 0) is 5.88 Å². The van der Waals surface area contributed by atoms with Crippen LogP contribution in [0.4, 0.5) is 10.2 Å². The van der Waals surface area contributed by atoms with Crippen molar-refractivity contribution in [3.8, 4) is 28.6 Å². The Morgan fingerprint density at radius 2 is 1.77 bits per heavy atom. The number of benzene rings is 1. The number of anilines is 1. The van der Waals surface area contributed by atoms with Crippen molar-refractivity contribution in [3.05, 3.63) is 78.5 Å². The minimum atomic E-state index is -0.427. The number of aromatic nitrogens is 6. The van der Waals surface area contributed by atoms with E-state index < -0.39 is 5.82 Å². The summed E-state index contributed by atoms with van der Waals surface area (Å²) in [5.41, 5.74) is 10.2. The monoisotopic (exact) mass is 431 g/mol. The zero-order valence-corrected chi connectivity index (χ0v) is 16.8. The molecule has 0 saturated carbocycles. The van der Waals surface area contributed by atoms with Crippen molar-refractivity contribution in [1.29, 1.82) is 0 Å². The summed E-state index contributed by atoms with van der Waals surface area (Å²) in [4.78, 5) is 22.0. The minimum Gasteiger partial charge on any atom is -0.383 e. The van der Waals surface area contributed by atoms with E-state index in [-0.39, 0.29) is 0 Å². The highest BCUT2D eigenvalue weighted by Crippen LogP contribution is 2.31. The summed E-state index contributed by atoms with van der Waals surface area (Å²) in [6, 6.07) is 14.3. The van der Waals surface area contributed by atoms with E-state index in [4.69, 9.17) is 22.3 Å². The van der Waals surface area contributed by atoms with Crippen molar-refractivity contribution in [2.24, 2.45) is 0 Å². The Morgan fingerprint density at radius 1 is 0.935 bits per heavy atom. The van der Waals surface area contributed by atoms with E-state index in [1.165, 1.54) is 12.1 Å². The molecule has 1 aromatic carbocycles. The molecule has 31 heavy (non-hydrogen) atoms. The molecule has 4 heterocycles. The van der Waals surface area contributed by atoms with E-state index in [0.29, 0.717) is 45.8 Å². The third-order valence-corrected chi connectivity index (χ3v) is 5.09. The maximum absolute atomic E-state index is 13.3. The lowest BCUT2D eigenvalue weighted by Gasteiger charge is -2.11. The first-order valence-electron chi connectivity index (χ1n) is 9.37. The van der Waals surface area contributed by atoms with E-state index in [0.717, 1.165) is 17.4 Å². The fourth-order valence-corrected chi connectivity index (χ4v) is 3.45. The molecule has 0 unspecified atom stereocenters. The van der Waals surface area contributed by atoms with Gasteiger partial charge in [0.2, 0.25) is 0 Å². The van der Waals surface area contributed by atoms with Gasteiger partial charge >= 0.3 is 0 Å². The van der Waals surface area contributed by atoms with Gasteiger partial charge in [0.15, 0.2) is 17.3 Å². The minimum absolute atomic E-state index is 0.352. The topological polar surface area (TPSA) is 95.4 Å². The number of hydrogen-bond donors (Lipinski definition) is 1. The van der Waals surface area contributed by atoms with E-state index in [1.807, 2.05) is 34.9 Å². The van der Waals surface area contributed by atoms with E-state index >= 15 is 0 Å². The normalized spacial score (nSPS) is 11.2. The number of halogens is 2. The van der Waals surface area contributed by atoms with Gasteiger partial charge in [-0.25, -0.2) is 29.3 Å². The number of nitrogen functional groups attached to an aromatic ring is 1. The first-order valence-corrected chi connectivity index (χ1v) is 9.91. The highest BCUT2D eigenvalue weighted by atomic mass is 35.5. The van der Waals surface area contributed by atoms with Gasteiger partial charge in [-0.15, -0.1) is 11.6 Å². The van der Waals surface area contributed by atoms with E-state index in [2.05, 4.69) is 19.9 Å². The molecule has 0 saturated heterocycles. The Balaban J connectivity index is 1.77. The number of nitrogens with zero attached hydrogens (tertiary/aromatic N) is 6. The van der Waals surface area contributed by atoms with Gasteiger partial charge in [0, 0.05) is 17.8 Å². The van der Waals surface area contributed by atoms with Crippen LogP contribution in [0.2, 0.25) is 0 Å².